The van der Waals surface area contributed by atoms with Crippen molar-refractivity contribution in [2.75, 3.05) is 0 Å². The van der Waals surface area contributed by atoms with E-state index in [2.05, 4.69) is 43.4 Å². The van der Waals surface area contributed by atoms with Gasteiger partial charge in [0, 0.05) is 0 Å². The molecule has 1 unspecified atom stereocenters. The number of hydrogen-bond acceptors (Lipinski definition) is 0. The molecule has 0 bridgehead atoms. The van der Waals surface area contributed by atoms with Crippen LogP contribution >= 0.6 is 0 Å². The Morgan fingerprint density at radius 3 is 3.00 bits per heavy atom. The topological polar surface area (TPSA) is 0 Å². The van der Waals surface area contributed by atoms with Crippen LogP contribution in [0, 0.1) is 5.92 Å². The van der Waals surface area contributed by atoms with Crippen molar-refractivity contribution >= 4 is 0 Å². The van der Waals surface area contributed by atoms with E-state index in [4.69, 9.17) is 0 Å². The highest BCUT2D eigenvalue weighted by atomic mass is 14.2. The van der Waals surface area contributed by atoms with Crippen LogP contribution in [0.15, 0.2) is 47.6 Å². The Morgan fingerprint density at radius 2 is 2.29 bits per heavy atom. The summed E-state index contributed by atoms with van der Waals surface area (Å²) in [6.07, 6.45) is 18.6. The largest absolute Gasteiger partial charge is 0.0842 e. The molecule has 0 N–H and O–H groups in total. The molecule has 0 fully saturated rings. The van der Waals surface area contributed by atoms with Crippen molar-refractivity contribution in [3.8, 4) is 0 Å². The molecule has 0 saturated heterocycles. The molecule has 2 rings (SSSR count). The second kappa shape index (κ2) is 4.45. The lowest BCUT2D eigenvalue weighted by atomic mass is 9.88. The van der Waals surface area contributed by atoms with Gasteiger partial charge in [-0.05, 0) is 42.7 Å². The quantitative estimate of drug-likeness (QED) is 0.607. The van der Waals surface area contributed by atoms with Gasteiger partial charge in [-0.1, -0.05) is 43.4 Å². The zero-order valence-corrected chi connectivity index (χ0v) is 8.87. The van der Waals surface area contributed by atoms with Gasteiger partial charge in [0.05, 0.1) is 0 Å². The summed E-state index contributed by atoms with van der Waals surface area (Å²) in [5, 5.41) is 0. The van der Waals surface area contributed by atoms with Crippen molar-refractivity contribution in [3.05, 3.63) is 47.6 Å². The number of hydrogen-bond donors (Lipinski definition) is 0. The van der Waals surface area contributed by atoms with Crippen molar-refractivity contribution in [2.24, 2.45) is 5.92 Å². The molecule has 2 aliphatic carbocycles. The molecule has 0 radical (unpaired) electrons. The van der Waals surface area contributed by atoms with Crippen LogP contribution in [0.1, 0.15) is 32.6 Å². The molecule has 0 aromatic carbocycles. The maximum atomic E-state index is 2.45. The summed E-state index contributed by atoms with van der Waals surface area (Å²) in [5.41, 5.74) is 2.98. The van der Waals surface area contributed by atoms with Gasteiger partial charge >= 0.3 is 0 Å². The molecule has 0 amide bonds. The van der Waals surface area contributed by atoms with E-state index < -0.39 is 0 Å². The highest BCUT2D eigenvalue weighted by Crippen LogP contribution is 2.27. The zero-order valence-electron chi connectivity index (χ0n) is 8.87. The molecule has 0 nitrogen and oxygen atoms in total. The van der Waals surface area contributed by atoms with Crippen LogP contribution in [-0.4, -0.2) is 0 Å². The summed E-state index contributed by atoms with van der Waals surface area (Å²) in [7, 11) is 0. The minimum Gasteiger partial charge on any atom is -0.0842 e. The Labute approximate surface area is 86.7 Å². The van der Waals surface area contributed by atoms with E-state index in [9.17, 15) is 0 Å². The predicted molar refractivity (Wildman–Crippen MR) is 62.1 cm³/mol. The van der Waals surface area contributed by atoms with Crippen molar-refractivity contribution in [1.82, 2.24) is 0 Å². The molecule has 2 aliphatic rings. The minimum atomic E-state index is 0.766. The first-order chi connectivity index (χ1) is 6.90. The Balaban J connectivity index is 2.16. The van der Waals surface area contributed by atoms with Gasteiger partial charge < -0.3 is 0 Å². The smallest absolute Gasteiger partial charge is 0.0192 e. The summed E-state index contributed by atoms with van der Waals surface area (Å²) in [6, 6.07) is 0. The third-order valence-corrected chi connectivity index (χ3v) is 3.06. The average molecular weight is 186 g/mol. The third-order valence-electron chi connectivity index (χ3n) is 3.06. The predicted octanol–water partition coefficient (Wildman–Crippen LogP) is 4.18. The Morgan fingerprint density at radius 1 is 1.36 bits per heavy atom. The van der Waals surface area contributed by atoms with E-state index in [0.29, 0.717) is 0 Å². The highest BCUT2D eigenvalue weighted by Gasteiger charge is 2.10. The molecule has 0 heteroatoms. The number of allylic oxidation sites excluding steroid dienone is 8. The van der Waals surface area contributed by atoms with E-state index in [1.807, 2.05) is 0 Å². The minimum absolute atomic E-state index is 0.766. The molecule has 0 spiro atoms. The van der Waals surface area contributed by atoms with Crippen molar-refractivity contribution in [3.63, 3.8) is 0 Å². The molecule has 0 aromatic rings. The highest BCUT2D eigenvalue weighted by molar-refractivity contribution is 5.44. The second-order valence-corrected chi connectivity index (χ2v) is 4.09. The normalized spacial score (nSPS) is 25.9. The summed E-state index contributed by atoms with van der Waals surface area (Å²) in [6.45, 7) is 2.27. The molecular weight excluding hydrogens is 168 g/mol. The summed E-state index contributed by atoms with van der Waals surface area (Å²) in [4.78, 5) is 0. The van der Waals surface area contributed by atoms with Crippen LogP contribution in [0.25, 0.3) is 0 Å². The van der Waals surface area contributed by atoms with Crippen LogP contribution in [0.2, 0.25) is 0 Å². The molecule has 0 saturated carbocycles. The Hall–Kier alpha value is -1.04. The Bertz CT molecular complexity index is 313. The first-order valence-electron chi connectivity index (χ1n) is 5.64. The fourth-order valence-corrected chi connectivity index (χ4v) is 2.09. The molecule has 1 atom stereocenters. The van der Waals surface area contributed by atoms with Crippen LogP contribution < -0.4 is 0 Å². The first kappa shape index (κ1) is 9.51. The fraction of sp³-hybridized carbons (Fsp3) is 0.429. The third kappa shape index (κ3) is 2.06. The molecule has 0 heterocycles. The molecular formula is C14H18. The van der Waals surface area contributed by atoms with E-state index in [1.165, 1.54) is 36.8 Å². The summed E-state index contributed by atoms with van der Waals surface area (Å²) >= 11 is 0. The molecule has 74 valence electrons. The maximum absolute atomic E-state index is 2.45. The lowest BCUT2D eigenvalue weighted by molar-refractivity contribution is 0.628. The van der Waals surface area contributed by atoms with E-state index in [1.54, 1.807) is 0 Å². The number of rotatable bonds is 2. The monoisotopic (exact) mass is 186 g/mol. The standard InChI is InChI=1S/C14H18/c1-2-12-7-6-10-14(11-12)13-8-4-3-5-9-13/h3-4,6,8,10-12H,2,5,7,9H2,1H3. The van der Waals surface area contributed by atoms with Gasteiger partial charge in [0.1, 0.15) is 0 Å². The van der Waals surface area contributed by atoms with Crippen LogP contribution in [0.5, 0.6) is 0 Å². The van der Waals surface area contributed by atoms with Crippen molar-refractivity contribution in [1.29, 1.82) is 0 Å². The second-order valence-electron chi connectivity index (χ2n) is 4.09. The molecule has 0 aromatic heterocycles. The van der Waals surface area contributed by atoms with Crippen LogP contribution in [0.3, 0.4) is 0 Å². The van der Waals surface area contributed by atoms with Gasteiger partial charge in [0.25, 0.3) is 0 Å². The first-order valence-corrected chi connectivity index (χ1v) is 5.64. The van der Waals surface area contributed by atoms with Crippen molar-refractivity contribution < 1.29 is 0 Å². The van der Waals surface area contributed by atoms with E-state index >= 15 is 0 Å². The maximum Gasteiger partial charge on any atom is -0.0192 e. The molecule has 0 aliphatic heterocycles. The SMILES string of the molecule is CCC1C=C(C2=CC=CCC2)C=CC1. The fourth-order valence-electron chi connectivity index (χ4n) is 2.09. The zero-order chi connectivity index (χ0) is 9.80. The lowest BCUT2D eigenvalue weighted by Crippen LogP contribution is -2.01. The van der Waals surface area contributed by atoms with E-state index in [-0.39, 0.29) is 0 Å². The van der Waals surface area contributed by atoms with Gasteiger partial charge in [-0.3, -0.25) is 0 Å². The van der Waals surface area contributed by atoms with Crippen LogP contribution in [-0.2, 0) is 0 Å². The Kier molecular flexibility index (Phi) is 3.03. The summed E-state index contributed by atoms with van der Waals surface area (Å²) in [5.74, 6) is 0.766. The van der Waals surface area contributed by atoms with Gasteiger partial charge in [0.2, 0.25) is 0 Å². The van der Waals surface area contributed by atoms with Crippen molar-refractivity contribution in [2.45, 2.75) is 32.6 Å². The average Bonchev–Trinajstić information content (AvgIpc) is 2.30. The van der Waals surface area contributed by atoms with Gasteiger partial charge in [-0.15, -0.1) is 0 Å². The van der Waals surface area contributed by atoms with Gasteiger partial charge in [-0.2, -0.15) is 0 Å². The van der Waals surface area contributed by atoms with Crippen LogP contribution in [0.4, 0.5) is 0 Å². The lowest BCUT2D eigenvalue weighted by Gasteiger charge is -2.17. The van der Waals surface area contributed by atoms with Gasteiger partial charge in [-0.25, -0.2) is 0 Å². The van der Waals surface area contributed by atoms with Gasteiger partial charge in [0.15, 0.2) is 0 Å². The summed E-state index contributed by atoms with van der Waals surface area (Å²) < 4.78 is 0. The van der Waals surface area contributed by atoms with E-state index in [0.717, 1.165) is 5.92 Å². The molecule has 14 heavy (non-hydrogen) atoms.